The molecule has 0 saturated heterocycles. The van der Waals surface area contributed by atoms with E-state index in [0.29, 0.717) is 12.3 Å². The van der Waals surface area contributed by atoms with Crippen molar-refractivity contribution in [2.24, 2.45) is 17.6 Å². The molecule has 0 aliphatic rings. The van der Waals surface area contributed by atoms with E-state index in [4.69, 9.17) is 10.8 Å². The average molecular weight is 249 g/mol. The van der Waals surface area contributed by atoms with E-state index in [1.54, 1.807) is 0 Å². The van der Waals surface area contributed by atoms with Gasteiger partial charge in [0.25, 0.3) is 0 Å². The van der Waals surface area contributed by atoms with Crippen LogP contribution in [0.15, 0.2) is 18.2 Å². The molecule has 0 heterocycles. The van der Waals surface area contributed by atoms with E-state index in [1.165, 1.54) is 16.7 Å². The van der Waals surface area contributed by atoms with Gasteiger partial charge < -0.3 is 10.8 Å². The maximum atomic E-state index is 11.0. The molecule has 0 radical (unpaired) electrons. The molecule has 3 heteroatoms. The number of aliphatic carboxylic acids is 1. The van der Waals surface area contributed by atoms with Gasteiger partial charge in [-0.15, -0.1) is 0 Å². The highest BCUT2D eigenvalue weighted by molar-refractivity contribution is 5.70. The lowest BCUT2D eigenvalue weighted by atomic mass is 9.88. The van der Waals surface area contributed by atoms with Crippen LogP contribution in [-0.4, -0.2) is 17.6 Å². The summed E-state index contributed by atoms with van der Waals surface area (Å²) >= 11 is 0. The Morgan fingerprint density at radius 3 is 2.33 bits per heavy atom. The Morgan fingerprint density at radius 2 is 1.89 bits per heavy atom. The third-order valence-electron chi connectivity index (χ3n) is 3.52. The number of hydrogen-bond acceptors (Lipinski definition) is 2. The summed E-state index contributed by atoms with van der Waals surface area (Å²) in [5.41, 5.74) is 9.39. The summed E-state index contributed by atoms with van der Waals surface area (Å²) in [5, 5.41) is 9.02. The average Bonchev–Trinajstić information content (AvgIpc) is 2.30. The first-order chi connectivity index (χ1) is 8.45. The smallest absolute Gasteiger partial charge is 0.307 e. The van der Waals surface area contributed by atoms with E-state index < -0.39 is 11.9 Å². The van der Waals surface area contributed by atoms with E-state index in [1.807, 2.05) is 0 Å². The topological polar surface area (TPSA) is 63.3 Å². The number of nitrogens with two attached hydrogens (primary N) is 1. The highest BCUT2D eigenvalue weighted by atomic mass is 16.4. The number of aryl methyl sites for hydroxylation is 2. The first-order valence-electron chi connectivity index (χ1n) is 6.43. The van der Waals surface area contributed by atoms with Crippen molar-refractivity contribution in [1.29, 1.82) is 0 Å². The van der Waals surface area contributed by atoms with Crippen LogP contribution in [0.3, 0.4) is 0 Å². The van der Waals surface area contributed by atoms with Gasteiger partial charge in [0.2, 0.25) is 0 Å². The van der Waals surface area contributed by atoms with Crippen LogP contribution in [-0.2, 0) is 11.2 Å². The molecule has 1 aromatic rings. The van der Waals surface area contributed by atoms with Crippen molar-refractivity contribution in [3.8, 4) is 0 Å². The first kappa shape index (κ1) is 14.7. The van der Waals surface area contributed by atoms with Gasteiger partial charge in [-0.05, 0) is 49.3 Å². The molecule has 0 bridgehead atoms. The van der Waals surface area contributed by atoms with Crippen molar-refractivity contribution >= 4 is 5.97 Å². The summed E-state index contributed by atoms with van der Waals surface area (Å²) in [6.07, 6.45) is 1.56. The molecule has 1 aromatic carbocycles. The van der Waals surface area contributed by atoms with Crippen molar-refractivity contribution in [2.75, 3.05) is 6.54 Å². The second kappa shape index (κ2) is 6.55. The number of carboxylic acid groups (broad SMARTS) is 1. The quantitative estimate of drug-likeness (QED) is 0.814. The molecule has 0 aromatic heterocycles. The monoisotopic (exact) mass is 249 g/mol. The SMILES string of the molecule is Cc1cccc(C)c1CC(C)CC(CN)C(=O)O. The van der Waals surface area contributed by atoms with Gasteiger partial charge in [-0.1, -0.05) is 25.1 Å². The normalized spacial score (nSPS) is 14.2. The lowest BCUT2D eigenvalue weighted by Crippen LogP contribution is -2.25. The summed E-state index contributed by atoms with van der Waals surface area (Å²) in [4.78, 5) is 11.0. The number of benzene rings is 1. The summed E-state index contributed by atoms with van der Waals surface area (Å²) in [6, 6.07) is 6.26. The molecular formula is C15H23NO2. The Kier molecular flexibility index (Phi) is 5.35. The summed E-state index contributed by atoms with van der Waals surface area (Å²) in [7, 11) is 0. The minimum atomic E-state index is -0.786. The van der Waals surface area contributed by atoms with Crippen LogP contribution in [0.5, 0.6) is 0 Å². The predicted octanol–water partition coefficient (Wildman–Crippen LogP) is 2.53. The summed E-state index contributed by atoms with van der Waals surface area (Å²) in [6.45, 7) is 6.52. The Morgan fingerprint density at radius 1 is 1.33 bits per heavy atom. The number of rotatable bonds is 6. The zero-order valence-corrected chi connectivity index (χ0v) is 11.4. The Bertz CT molecular complexity index is 395. The molecule has 0 spiro atoms. The largest absolute Gasteiger partial charge is 0.481 e. The third kappa shape index (κ3) is 3.84. The maximum Gasteiger partial charge on any atom is 0.307 e. The molecule has 2 atom stereocenters. The third-order valence-corrected chi connectivity index (χ3v) is 3.52. The first-order valence-corrected chi connectivity index (χ1v) is 6.43. The van der Waals surface area contributed by atoms with Crippen molar-refractivity contribution in [3.63, 3.8) is 0 Å². The molecule has 0 aliphatic heterocycles. The zero-order valence-electron chi connectivity index (χ0n) is 11.4. The molecule has 3 nitrogen and oxygen atoms in total. The number of carboxylic acids is 1. The maximum absolute atomic E-state index is 11.0. The minimum absolute atomic E-state index is 0.215. The fraction of sp³-hybridized carbons (Fsp3) is 0.533. The van der Waals surface area contributed by atoms with Gasteiger partial charge in [0.15, 0.2) is 0 Å². The molecule has 3 N–H and O–H groups in total. The summed E-state index contributed by atoms with van der Waals surface area (Å²) < 4.78 is 0. The van der Waals surface area contributed by atoms with Crippen molar-refractivity contribution in [1.82, 2.24) is 0 Å². The van der Waals surface area contributed by atoms with Crippen LogP contribution < -0.4 is 5.73 Å². The van der Waals surface area contributed by atoms with Crippen molar-refractivity contribution in [2.45, 2.75) is 33.6 Å². The minimum Gasteiger partial charge on any atom is -0.481 e. The van der Waals surface area contributed by atoms with Gasteiger partial charge in [0, 0.05) is 6.54 Å². The van der Waals surface area contributed by atoms with Gasteiger partial charge in [0.1, 0.15) is 0 Å². The van der Waals surface area contributed by atoms with Crippen LogP contribution in [0.1, 0.15) is 30.0 Å². The van der Waals surface area contributed by atoms with E-state index in [0.717, 1.165) is 6.42 Å². The molecule has 18 heavy (non-hydrogen) atoms. The second-order valence-corrected chi connectivity index (χ2v) is 5.19. The molecule has 100 valence electrons. The van der Waals surface area contributed by atoms with E-state index in [-0.39, 0.29) is 6.54 Å². The lowest BCUT2D eigenvalue weighted by Gasteiger charge is -2.18. The van der Waals surface area contributed by atoms with Gasteiger partial charge >= 0.3 is 5.97 Å². The lowest BCUT2D eigenvalue weighted by molar-refractivity contribution is -0.141. The van der Waals surface area contributed by atoms with E-state index in [9.17, 15) is 4.79 Å². The molecule has 1 rings (SSSR count). The number of hydrogen-bond donors (Lipinski definition) is 2. The Hall–Kier alpha value is -1.35. The van der Waals surface area contributed by atoms with Crippen LogP contribution in [0.25, 0.3) is 0 Å². The standard InChI is InChI=1S/C15H23NO2/c1-10(7-13(9-16)15(17)18)8-14-11(2)5-4-6-12(14)3/h4-6,10,13H,7-9,16H2,1-3H3,(H,17,18). The van der Waals surface area contributed by atoms with Gasteiger partial charge in [-0.2, -0.15) is 0 Å². The fourth-order valence-corrected chi connectivity index (χ4v) is 2.39. The molecular weight excluding hydrogens is 226 g/mol. The van der Waals surface area contributed by atoms with Crippen LogP contribution in [0.4, 0.5) is 0 Å². The molecule has 2 unspecified atom stereocenters. The van der Waals surface area contributed by atoms with E-state index in [2.05, 4.69) is 39.0 Å². The number of carbonyl (C=O) groups is 1. The van der Waals surface area contributed by atoms with E-state index >= 15 is 0 Å². The second-order valence-electron chi connectivity index (χ2n) is 5.19. The van der Waals surface area contributed by atoms with Crippen LogP contribution >= 0.6 is 0 Å². The van der Waals surface area contributed by atoms with Gasteiger partial charge in [-0.25, -0.2) is 0 Å². The molecule has 0 aliphatic carbocycles. The molecule has 0 amide bonds. The predicted molar refractivity (Wildman–Crippen MR) is 73.6 cm³/mol. The molecule has 0 saturated carbocycles. The molecule has 0 fully saturated rings. The van der Waals surface area contributed by atoms with Gasteiger partial charge in [-0.3, -0.25) is 4.79 Å². The van der Waals surface area contributed by atoms with Gasteiger partial charge in [0.05, 0.1) is 5.92 Å². The van der Waals surface area contributed by atoms with Crippen LogP contribution in [0.2, 0.25) is 0 Å². The fourth-order valence-electron chi connectivity index (χ4n) is 2.39. The van der Waals surface area contributed by atoms with Crippen molar-refractivity contribution < 1.29 is 9.90 Å². The highest BCUT2D eigenvalue weighted by Crippen LogP contribution is 2.21. The highest BCUT2D eigenvalue weighted by Gasteiger charge is 2.19. The zero-order chi connectivity index (χ0) is 13.7. The van der Waals surface area contributed by atoms with Crippen LogP contribution in [0, 0.1) is 25.7 Å². The Labute approximate surface area is 109 Å². The van der Waals surface area contributed by atoms with Crippen molar-refractivity contribution in [3.05, 3.63) is 34.9 Å². The Balaban J connectivity index is 2.70. The summed E-state index contributed by atoms with van der Waals surface area (Å²) in [5.74, 6) is -0.885.